The van der Waals surface area contributed by atoms with Gasteiger partial charge in [-0.15, -0.1) is 0 Å². The van der Waals surface area contributed by atoms with Crippen molar-refractivity contribution in [3.63, 3.8) is 0 Å². The van der Waals surface area contributed by atoms with Gasteiger partial charge in [-0.1, -0.05) is 13.0 Å². The predicted octanol–water partition coefficient (Wildman–Crippen LogP) is 4.18. The highest BCUT2D eigenvalue weighted by atomic mass is 16.5. The van der Waals surface area contributed by atoms with Crippen molar-refractivity contribution in [2.45, 2.75) is 51.0 Å². The van der Waals surface area contributed by atoms with Crippen LogP contribution in [0.25, 0.3) is 33.5 Å². The van der Waals surface area contributed by atoms with Gasteiger partial charge in [-0.3, -0.25) is 4.68 Å². The molecule has 204 valence electrons. The molecule has 1 N–H and O–H groups in total. The third-order valence-corrected chi connectivity index (χ3v) is 8.63. The summed E-state index contributed by atoms with van der Waals surface area (Å²) in [6.07, 6.45) is 12.3. The number of likely N-dealkylation sites (tertiary alicyclic amines) is 1. The highest BCUT2D eigenvalue weighted by molar-refractivity contribution is 5.91. The molecule has 0 saturated carbocycles. The number of benzene rings is 1. The Kier molecular flexibility index (Phi) is 6.37. The topological polar surface area (TPSA) is 78.3 Å². The van der Waals surface area contributed by atoms with E-state index < -0.39 is 0 Å². The summed E-state index contributed by atoms with van der Waals surface area (Å²) in [4.78, 5) is 20.4. The largest absolute Gasteiger partial charge is 0.371 e. The van der Waals surface area contributed by atoms with Crippen molar-refractivity contribution >= 4 is 16.9 Å². The lowest BCUT2D eigenvalue weighted by Gasteiger charge is -2.48. The number of nitrogens with one attached hydrogen (secondary N) is 1. The number of piperidine rings is 2. The molecule has 3 aromatic heterocycles. The number of morpholine rings is 1. The summed E-state index contributed by atoms with van der Waals surface area (Å²) in [5.41, 5.74) is 8.42. The van der Waals surface area contributed by atoms with Gasteiger partial charge in [0.25, 0.3) is 0 Å². The van der Waals surface area contributed by atoms with Gasteiger partial charge in [0, 0.05) is 73.9 Å². The summed E-state index contributed by atoms with van der Waals surface area (Å²) in [7, 11) is 4.25. The molecular formula is C30H38N8O. The zero-order valence-corrected chi connectivity index (χ0v) is 23.2. The van der Waals surface area contributed by atoms with Gasteiger partial charge in [0.05, 0.1) is 36.3 Å². The Bertz CT molecular complexity index is 1450. The second-order valence-electron chi connectivity index (χ2n) is 11.6. The number of H-pyrrole nitrogens is 1. The van der Waals surface area contributed by atoms with Crippen LogP contribution in [0.15, 0.2) is 43.0 Å². The van der Waals surface area contributed by atoms with Gasteiger partial charge in [0.15, 0.2) is 5.65 Å². The van der Waals surface area contributed by atoms with E-state index in [4.69, 9.17) is 19.8 Å². The van der Waals surface area contributed by atoms with Gasteiger partial charge < -0.3 is 24.4 Å². The molecule has 4 fully saturated rings. The molecule has 0 amide bonds. The van der Waals surface area contributed by atoms with E-state index in [0.717, 1.165) is 85.7 Å². The van der Waals surface area contributed by atoms with Crippen LogP contribution in [0.1, 0.15) is 37.8 Å². The normalized spacial score (nSPS) is 22.1. The standard InChI is InChI=1S/C30H38N8O/c1-4-36-9-7-23(8-10-36)38-17-22(13-33-38)26-14-31-30-29(26)34-27(15-32-30)20-5-6-28(21(11-20)16-35(2)3)37-18-24-12-25(19-37)39-24/h5-6,11,13-15,17,23-25H,4,7-10,12,16,18-19H2,1-3H3,(H,31,32). The highest BCUT2D eigenvalue weighted by Gasteiger charge is 2.38. The summed E-state index contributed by atoms with van der Waals surface area (Å²) in [5, 5.41) is 4.75. The van der Waals surface area contributed by atoms with Crippen LogP contribution in [0, 0.1) is 0 Å². The monoisotopic (exact) mass is 526 g/mol. The van der Waals surface area contributed by atoms with Crippen molar-refractivity contribution in [1.82, 2.24) is 34.5 Å². The number of hydrogen-bond acceptors (Lipinski definition) is 7. The van der Waals surface area contributed by atoms with E-state index in [-0.39, 0.29) is 0 Å². The molecule has 4 saturated heterocycles. The molecule has 9 nitrogen and oxygen atoms in total. The molecule has 8 rings (SSSR count). The number of anilines is 1. The van der Waals surface area contributed by atoms with E-state index in [0.29, 0.717) is 18.2 Å². The fourth-order valence-electron chi connectivity index (χ4n) is 6.50. The van der Waals surface area contributed by atoms with Crippen LogP contribution in [0.5, 0.6) is 0 Å². The van der Waals surface area contributed by atoms with Crippen molar-refractivity contribution < 1.29 is 4.74 Å². The zero-order valence-electron chi connectivity index (χ0n) is 23.2. The maximum absolute atomic E-state index is 5.89. The Morgan fingerprint density at radius 3 is 2.62 bits per heavy atom. The molecule has 0 aliphatic carbocycles. The Balaban J connectivity index is 1.18. The molecule has 4 aromatic rings. The summed E-state index contributed by atoms with van der Waals surface area (Å²) in [6.45, 7) is 8.46. The average Bonchev–Trinajstić information content (AvgIpc) is 3.59. The highest BCUT2D eigenvalue weighted by Crippen LogP contribution is 2.36. The molecule has 4 aliphatic heterocycles. The SMILES string of the molecule is CCN1CCC(n2cc(-c3c[nH]c4ncc(-c5ccc(N6CC7CC(C6)O7)c(CN(C)C)c5)nc34)cn2)CC1. The van der Waals surface area contributed by atoms with Crippen LogP contribution < -0.4 is 4.90 Å². The lowest BCUT2D eigenvalue weighted by Crippen LogP contribution is -2.57. The van der Waals surface area contributed by atoms with Crippen molar-refractivity contribution in [1.29, 1.82) is 0 Å². The first-order valence-corrected chi connectivity index (χ1v) is 14.3. The third-order valence-electron chi connectivity index (χ3n) is 8.63. The van der Waals surface area contributed by atoms with Crippen molar-refractivity contribution in [2.24, 2.45) is 0 Å². The predicted molar refractivity (Wildman–Crippen MR) is 154 cm³/mol. The van der Waals surface area contributed by atoms with E-state index >= 15 is 0 Å². The molecule has 9 heteroatoms. The molecule has 7 heterocycles. The fourth-order valence-corrected chi connectivity index (χ4v) is 6.50. The molecule has 4 aliphatic rings. The number of rotatable bonds is 7. The van der Waals surface area contributed by atoms with Crippen molar-refractivity contribution in [3.8, 4) is 22.4 Å². The first-order chi connectivity index (χ1) is 19.0. The molecule has 0 spiro atoms. The summed E-state index contributed by atoms with van der Waals surface area (Å²) in [5.74, 6) is 0. The van der Waals surface area contributed by atoms with E-state index in [1.54, 1.807) is 0 Å². The lowest BCUT2D eigenvalue weighted by molar-refractivity contribution is -0.133. The summed E-state index contributed by atoms with van der Waals surface area (Å²) >= 11 is 0. The molecular weight excluding hydrogens is 488 g/mol. The van der Waals surface area contributed by atoms with Crippen LogP contribution in [0.4, 0.5) is 5.69 Å². The minimum absolute atomic E-state index is 0.379. The molecule has 1 aromatic carbocycles. The molecule has 2 unspecified atom stereocenters. The average molecular weight is 527 g/mol. The first kappa shape index (κ1) is 24.7. The fraction of sp³-hybridized carbons (Fsp3) is 0.500. The molecule has 39 heavy (non-hydrogen) atoms. The number of aromatic amines is 1. The number of nitrogens with zero attached hydrogens (tertiary/aromatic N) is 7. The van der Waals surface area contributed by atoms with Crippen molar-refractivity contribution in [3.05, 3.63) is 48.5 Å². The second kappa shape index (κ2) is 10.0. The third kappa shape index (κ3) is 4.73. The Hall–Kier alpha value is -3.27. The smallest absolute Gasteiger partial charge is 0.156 e. The number of ether oxygens (including phenoxy) is 1. The second-order valence-corrected chi connectivity index (χ2v) is 11.6. The number of fused-ring (bicyclic) bond motifs is 3. The molecule has 2 atom stereocenters. The molecule has 2 bridgehead atoms. The van der Waals surface area contributed by atoms with E-state index in [2.05, 4.69) is 69.8 Å². The lowest BCUT2D eigenvalue weighted by atomic mass is 9.96. The van der Waals surface area contributed by atoms with Crippen LogP contribution in [0.3, 0.4) is 0 Å². The van der Waals surface area contributed by atoms with Gasteiger partial charge in [-0.2, -0.15) is 5.10 Å². The summed E-state index contributed by atoms with van der Waals surface area (Å²) in [6, 6.07) is 7.20. The van der Waals surface area contributed by atoms with Crippen LogP contribution in [-0.4, -0.2) is 93.6 Å². The van der Waals surface area contributed by atoms with E-state index in [1.807, 2.05) is 18.6 Å². The van der Waals surface area contributed by atoms with Gasteiger partial charge in [-0.05, 0) is 51.2 Å². The van der Waals surface area contributed by atoms with Gasteiger partial charge >= 0.3 is 0 Å². The minimum atomic E-state index is 0.379. The zero-order chi connectivity index (χ0) is 26.5. The quantitative estimate of drug-likeness (QED) is 0.387. The van der Waals surface area contributed by atoms with Gasteiger partial charge in [-0.25, -0.2) is 9.97 Å². The maximum atomic E-state index is 5.89. The Morgan fingerprint density at radius 2 is 1.87 bits per heavy atom. The van der Waals surface area contributed by atoms with Crippen LogP contribution in [-0.2, 0) is 11.3 Å². The first-order valence-electron chi connectivity index (χ1n) is 14.3. The number of hydrogen-bond donors (Lipinski definition) is 1. The Labute approximate surface area is 229 Å². The number of aromatic nitrogens is 5. The van der Waals surface area contributed by atoms with Crippen molar-refractivity contribution in [2.75, 3.05) is 51.7 Å². The minimum Gasteiger partial charge on any atom is -0.371 e. The molecule has 0 radical (unpaired) electrons. The maximum Gasteiger partial charge on any atom is 0.156 e. The van der Waals surface area contributed by atoms with E-state index in [1.165, 1.54) is 17.7 Å². The Morgan fingerprint density at radius 1 is 1.08 bits per heavy atom. The van der Waals surface area contributed by atoms with Gasteiger partial charge in [0.1, 0.15) is 5.52 Å². The van der Waals surface area contributed by atoms with E-state index in [9.17, 15) is 0 Å². The van der Waals surface area contributed by atoms with Gasteiger partial charge in [0.2, 0.25) is 0 Å². The van der Waals surface area contributed by atoms with Crippen LogP contribution >= 0.6 is 0 Å². The summed E-state index contributed by atoms with van der Waals surface area (Å²) < 4.78 is 8.04. The van der Waals surface area contributed by atoms with Crippen LogP contribution in [0.2, 0.25) is 0 Å².